The van der Waals surface area contributed by atoms with Gasteiger partial charge in [-0.3, -0.25) is 0 Å². The monoisotopic (exact) mass is 271 g/mol. The van der Waals surface area contributed by atoms with Crippen molar-refractivity contribution in [3.8, 4) is 0 Å². The summed E-state index contributed by atoms with van der Waals surface area (Å²) in [6.07, 6.45) is 3.97. The van der Waals surface area contributed by atoms with Gasteiger partial charge in [-0.1, -0.05) is 54.6 Å². The molecule has 2 aromatic carbocycles. The summed E-state index contributed by atoms with van der Waals surface area (Å²) in [6, 6.07) is 22.4. The molecule has 0 bridgehead atoms. The lowest BCUT2D eigenvalue weighted by molar-refractivity contribution is 0.995. The molecule has 0 aliphatic carbocycles. The summed E-state index contributed by atoms with van der Waals surface area (Å²) in [7, 11) is 0. The predicted octanol–water partition coefficient (Wildman–Crippen LogP) is 4.05. The summed E-state index contributed by atoms with van der Waals surface area (Å²) in [5.41, 5.74) is 3.07. The Bertz CT molecular complexity index is 936. The average molecular weight is 271 g/mol. The van der Waals surface area contributed by atoms with Crippen LogP contribution < -0.4 is 0 Å². The Morgan fingerprint density at radius 2 is 1.57 bits per heavy atom. The standard InChI is InChI=1S/C18H13N3/c1-2-6-14(7-3-1)10-12-17-19-18-13-11-15-8-4-5-9-16(15)21(18)20-17/h1-13H/b12-10+. The predicted molar refractivity (Wildman–Crippen MR) is 85.9 cm³/mol. The molecule has 0 fully saturated rings. The van der Waals surface area contributed by atoms with Gasteiger partial charge in [0.2, 0.25) is 0 Å². The van der Waals surface area contributed by atoms with Gasteiger partial charge in [0.15, 0.2) is 11.5 Å². The molecule has 0 aliphatic rings. The topological polar surface area (TPSA) is 30.2 Å². The van der Waals surface area contributed by atoms with Gasteiger partial charge in [0.05, 0.1) is 5.52 Å². The lowest BCUT2D eigenvalue weighted by Gasteiger charge is -1.98. The van der Waals surface area contributed by atoms with Gasteiger partial charge in [-0.15, -0.1) is 5.10 Å². The Balaban J connectivity index is 1.80. The fourth-order valence-corrected chi connectivity index (χ4v) is 2.42. The van der Waals surface area contributed by atoms with Crippen molar-refractivity contribution in [2.45, 2.75) is 0 Å². The van der Waals surface area contributed by atoms with Crippen LogP contribution in [-0.4, -0.2) is 14.6 Å². The fourth-order valence-electron chi connectivity index (χ4n) is 2.42. The third kappa shape index (κ3) is 2.19. The number of pyridine rings is 1. The van der Waals surface area contributed by atoms with Crippen molar-refractivity contribution >= 4 is 28.7 Å². The molecule has 4 aromatic rings. The number of nitrogens with zero attached hydrogens (tertiary/aromatic N) is 3. The van der Waals surface area contributed by atoms with E-state index in [9.17, 15) is 0 Å². The molecule has 0 aliphatic heterocycles. The van der Waals surface area contributed by atoms with Crippen molar-refractivity contribution in [3.63, 3.8) is 0 Å². The normalized spacial score (nSPS) is 11.6. The smallest absolute Gasteiger partial charge is 0.174 e. The van der Waals surface area contributed by atoms with Gasteiger partial charge >= 0.3 is 0 Å². The average Bonchev–Trinajstić information content (AvgIpc) is 2.97. The van der Waals surface area contributed by atoms with Crippen molar-refractivity contribution in [1.82, 2.24) is 14.6 Å². The molecule has 3 heteroatoms. The van der Waals surface area contributed by atoms with E-state index < -0.39 is 0 Å². The van der Waals surface area contributed by atoms with Gasteiger partial charge < -0.3 is 0 Å². The van der Waals surface area contributed by atoms with E-state index in [2.05, 4.69) is 40.4 Å². The second-order valence-corrected chi connectivity index (χ2v) is 4.88. The van der Waals surface area contributed by atoms with Crippen LogP contribution in [0.25, 0.3) is 28.7 Å². The maximum atomic E-state index is 4.57. The van der Waals surface area contributed by atoms with E-state index in [0.717, 1.165) is 27.9 Å². The maximum Gasteiger partial charge on any atom is 0.174 e. The van der Waals surface area contributed by atoms with Gasteiger partial charge in [-0.2, -0.15) is 0 Å². The van der Waals surface area contributed by atoms with Crippen LogP contribution in [0, 0.1) is 0 Å². The number of fused-ring (bicyclic) bond motifs is 3. The number of aromatic nitrogens is 3. The van der Waals surface area contributed by atoms with E-state index in [1.54, 1.807) is 0 Å². The largest absolute Gasteiger partial charge is 0.213 e. The lowest BCUT2D eigenvalue weighted by Crippen LogP contribution is -1.89. The first kappa shape index (κ1) is 11.9. The molecule has 4 rings (SSSR count). The minimum absolute atomic E-state index is 0.718. The highest BCUT2D eigenvalue weighted by atomic mass is 15.3. The molecule has 2 heterocycles. The van der Waals surface area contributed by atoms with Crippen LogP contribution in [0.5, 0.6) is 0 Å². The second-order valence-electron chi connectivity index (χ2n) is 4.88. The van der Waals surface area contributed by atoms with Gasteiger partial charge in [0, 0.05) is 5.39 Å². The van der Waals surface area contributed by atoms with Crippen molar-refractivity contribution in [3.05, 3.63) is 78.1 Å². The van der Waals surface area contributed by atoms with E-state index in [0.29, 0.717) is 0 Å². The van der Waals surface area contributed by atoms with Crippen LogP contribution in [0.1, 0.15) is 11.4 Å². The zero-order valence-electron chi connectivity index (χ0n) is 11.3. The Hall–Kier alpha value is -2.94. The summed E-state index contributed by atoms with van der Waals surface area (Å²) in [4.78, 5) is 4.54. The van der Waals surface area contributed by atoms with E-state index in [1.807, 2.05) is 53.1 Å². The van der Waals surface area contributed by atoms with Crippen LogP contribution in [-0.2, 0) is 0 Å². The fraction of sp³-hybridized carbons (Fsp3) is 0. The van der Waals surface area contributed by atoms with Gasteiger partial charge in [-0.05, 0) is 29.8 Å². The summed E-state index contributed by atoms with van der Waals surface area (Å²) in [5, 5.41) is 5.74. The Kier molecular flexibility index (Phi) is 2.75. The summed E-state index contributed by atoms with van der Waals surface area (Å²) >= 11 is 0. The highest BCUT2D eigenvalue weighted by Crippen LogP contribution is 2.16. The van der Waals surface area contributed by atoms with Gasteiger partial charge in [0.25, 0.3) is 0 Å². The zero-order valence-corrected chi connectivity index (χ0v) is 11.3. The molecule has 100 valence electrons. The minimum Gasteiger partial charge on any atom is -0.213 e. The van der Waals surface area contributed by atoms with Crippen LogP contribution in [0.4, 0.5) is 0 Å². The quantitative estimate of drug-likeness (QED) is 0.550. The van der Waals surface area contributed by atoms with E-state index in [1.165, 1.54) is 0 Å². The molecule has 0 atom stereocenters. The first-order valence-electron chi connectivity index (χ1n) is 6.88. The summed E-state index contributed by atoms with van der Waals surface area (Å²) in [6.45, 7) is 0. The molecule has 21 heavy (non-hydrogen) atoms. The first-order valence-corrected chi connectivity index (χ1v) is 6.88. The minimum atomic E-state index is 0.718. The molecular formula is C18H13N3. The lowest BCUT2D eigenvalue weighted by atomic mass is 10.2. The van der Waals surface area contributed by atoms with Crippen LogP contribution in [0.2, 0.25) is 0 Å². The number of hydrogen-bond acceptors (Lipinski definition) is 2. The Morgan fingerprint density at radius 3 is 2.48 bits per heavy atom. The van der Waals surface area contributed by atoms with Gasteiger partial charge in [0.1, 0.15) is 0 Å². The van der Waals surface area contributed by atoms with Crippen molar-refractivity contribution < 1.29 is 0 Å². The molecular weight excluding hydrogens is 258 g/mol. The van der Waals surface area contributed by atoms with Crippen LogP contribution >= 0.6 is 0 Å². The highest BCUT2D eigenvalue weighted by molar-refractivity contribution is 5.81. The van der Waals surface area contributed by atoms with Crippen LogP contribution in [0.15, 0.2) is 66.7 Å². The highest BCUT2D eigenvalue weighted by Gasteiger charge is 2.04. The van der Waals surface area contributed by atoms with E-state index in [4.69, 9.17) is 0 Å². The molecule has 0 saturated carbocycles. The number of benzene rings is 2. The van der Waals surface area contributed by atoms with E-state index in [-0.39, 0.29) is 0 Å². The molecule has 0 N–H and O–H groups in total. The number of hydrogen-bond donors (Lipinski definition) is 0. The molecule has 0 unspecified atom stereocenters. The van der Waals surface area contributed by atoms with Gasteiger partial charge in [-0.25, -0.2) is 9.50 Å². The second kappa shape index (κ2) is 4.87. The summed E-state index contributed by atoms with van der Waals surface area (Å²) < 4.78 is 1.89. The Morgan fingerprint density at radius 1 is 0.762 bits per heavy atom. The first-order chi connectivity index (χ1) is 10.4. The number of rotatable bonds is 2. The maximum absolute atomic E-state index is 4.57. The van der Waals surface area contributed by atoms with Crippen molar-refractivity contribution in [1.29, 1.82) is 0 Å². The molecule has 3 nitrogen and oxygen atoms in total. The SMILES string of the molecule is C(=C\c1nc2ccc3ccccc3n2n1)/c1ccccc1. The van der Waals surface area contributed by atoms with E-state index >= 15 is 0 Å². The third-order valence-electron chi connectivity index (χ3n) is 3.45. The third-order valence-corrected chi connectivity index (χ3v) is 3.45. The molecule has 0 saturated heterocycles. The summed E-state index contributed by atoms with van der Waals surface area (Å²) in [5.74, 6) is 0.718. The zero-order chi connectivity index (χ0) is 14.1. The molecule has 0 radical (unpaired) electrons. The molecule has 0 spiro atoms. The molecule has 0 amide bonds. The van der Waals surface area contributed by atoms with Crippen molar-refractivity contribution in [2.24, 2.45) is 0 Å². The van der Waals surface area contributed by atoms with Crippen molar-refractivity contribution in [2.75, 3.05) is 0 Å². The molecule has 2 aromatic heterocycles. The number of para-hydroxylation sites is 1. The van der Waals surface area contributed by atoms with Crippen LogP contribution in [0.3, 0.4) is 0 Å². The Labute approximate surface area is 122 Å².